The third kappa shape index (κ3) is 2.91. The molecule has 0 saturated carbocycles. The number of hydrogen-bond acceptors (Lipinski definition) is 4. The fraction of sp³-hybridized carbons (Fsp3) is 0.800. The fourth-order valence-electron chi connectivity index (χ4n) is 0.449. The maximum Gasteiger partial charge on any atom is 0.357 e. The van der Waals surface area contributed by atoms with Gasteiger partial charge in [0.25, 0.3) is 0 Å². The molecule has 0 aliphatic heterocycles. The second kappa shape index (κ2) is 3.53. The van der Waals surface area contributed by atoms with Crippen LogP contribution in [0.5, 0.6) is 0 Å². The molecule has 72 valence electrons. The first-order chi connectivity index (χ1) is 5.20. The standard InChI is InChI=1S/C5H11O6P/c1-5(7,12(8,9)10)3-4(6)11-2/h7H,3H2,1-2H3,(H2,8,9,10). The Balaban J connectivity index is 4.44. The number of carbonyl (C=O) groups excluding carboxylic acids is 1. The molecule has 0 aromatic rings. The number of methoxy groups -OCH3 is 1. The highest BCUT2D eigenvalue weighted by Gasteiger charge is 2.42. The third-order valence-corrected chi connectivity index (χ3v) is 2.75. The summed E-state index contributed by atoms with van der Waals surface area (Å²) in [6.07, 6.45) is -0.728. The lowest BCUT2D eigenvalue weighted by Crippen LogP contribution is -2.28. The van der Waals surface area contributed by atoms with Gasteiger partial charge in [-0.1, -0.05) is 0 Å². The maximum atomic E-state index is 10.5. The van der Waals surface area contributed by atoms with Crippen LogP contribution in [0, 0.1) is 0 Å². The average Bonchev–Trinajstić information content (AvgIpc) is 1.84. The van der Waals surface area contributed by atoms with Crippen LogP contribution in [0.1, 0.15) is 13.3 Å². The summed E-state index contributed by atoms with van der Waals surface area (Å²) in [6, 6.07) is 0. The Morgan fingerprint density at radius 2 is 2.00 bits per heavy atom. The van der Waals surface area contributed by atoms with Crippen molar-refractivity contribution in [1.29, 1.82) is 0 Å². The van der Waals surface area contributed by atoms with Gasteiger partial charge in [-0.05, 0) is 6.92 Å². The zero-order valence-electron chi connectivity index (χ0n) is 6.72. The molecular formula is C5H11O6P. The summed E-state index contributed by atoms with van der Waals surface area (Å²) in [5.74, 6) is -0.872. The van der Waals surface area contributed by atoms with Crippen LogP contribution in [-0.4, -0.2) is 33.3 Å². The van der Waals surface area contributed by atoms with Crippen LogP contribution < -0.4 is 0 Å². The number of ether oxygens (including phenoxy) is 1. The lowest BCUT2D eigenvalue weighted by Gasteiger charge is -2.22. The molecule has 1 unspecified atom stereocenters. The van der Waals surface area contributed by atoms with E-state index in [1.54, 1.807) is 0 Å². The van der Waals surface area contributed by atoms with Crippen LogP contribution >= 0.6 is 7.60 Å². The van der Waals surface area contributed by atoms with E-state index in [0.717, 1.165) is 14.0 Å². The van der Waals surface area contributed by atoms with Gasteiger partial charge >= 0.3 is 13.6 Å². The molecule has 0 bridgehead atoms. The minimum Gasteiger partial charge on any atom is -0.469 e. The van der Waals surface area contributed by atoms with Gasteiger partial charge in [0.15, 0.2) is 5.34 Å². The monoisotopic (exact) mass is 198 g/mol. The van der Waals surface area contributed by atoms with Gasteiger partial charge in [0.2, 0.25) is 0 Å². The first-order valence-electron chi connectivity index (χ1n) is 3.05. The number of hydrogen-bond donors (Lipinski definition) is 3. The van der Waals surface area contributed by atoms with Crippen molar-refractivity contribution >= 4 is 13.6 Å². The van der Waals surface area contributed by atoms with E-state index in [9.17, 15) is 9.36 Å². The summed E-state index contributed by atoms with van der Waals surface area (Å²) in [5, 5.41) is 6.74. The molecule has 6 nitrogen and oxygen atoms in total. The molecule has 0 heterocycles. The van der Waals surface area contributed by atoms with Crippen LogP contribution in [0.2, 0.25) is 0 Å². The van der Waals surface area contributed by atoms with Gasteiger partial charge in [-0.2, -0.15) is 0 Å². The Morgan fingerprint density at radius 1 is 1.58 bits per heavy atom. The van der Waals surface area contributed by atoms with Gasteiger partial charge in [0.1, 0.15) is 0 Å². The van der Waals surface area contributed by atoms with E-state index >= 15 is 0 Å². The largest absolute Gasteiger partial charge is 0.469 e. The van der Waals surface area contributed by atoms with E-state index in [4.69, 9.17) is 14.9 Å². The Labute approximate surface area is 69.3 Å². The highest BCUT2D eigenvalue weighted by atomic mass is 31.2. The van der Waals surface area contributed by atoms with Crippen LogP contribution in [0.25, 0.3) is 0 Å². The van der Waals surface area contributed by atoms with Crippen molar-refractivity contribution in [3.63, 3.8) is 0 Å². The highest BCUT2D eigenvalue weighted by Crippen LogP contribution is 2.50. The van der Waals surface area contributed by atoms with Crippen LogP contribution in [0.15, 0.2) is 0 Å². The third-order valence-electron chi connectivity index (χ3n) is 1.33. The van der Waals surface area contributed by atoms with E-state index in [1.807, 2.05) is 0 Å². The number of carbonyl (C=O) groups is 1. The van der Waals surface area contributed by atoms with Crippen LogP contribution in [0.3, 0.4) is 0 Å². The average molecular weight is 198 g/mol. The van der Waals surface area contributed by atoms with Crippen molar-refractivity contribution < 1.29 is 29.0 Å². The van der Waals surface area contributed by atoms with Crippen molar-refractivity contribution in [1.82, 2.24) is 0 Å². The van der Waals surface area contributed by atoms with Crippen molar-refractivity contribution in [2.24, 2.45) is 0 Å². The Hall–Kier alpha value is -0.420. The van der Waals surface area contributed by atoms with Gasteiger partial charge in [-0.3, -0.25) is 9.36 Å². The van der Waals surface area contributed by atoms with Crippen molar-refractivity contribution in [3.05, 3.63) is 0 Å². The Morgan fingerprint density at radius 3 is 2.25 bits per heavy atom. The second-order valence-electron chi connectivity index (χ2n) is 2.51. The second-order valence-corrected chi connectivity index (χ2v) is 4.57. The molecule has 7 heteroatoms. The zero-order valence-corrected chi connectivity index (χ0v) is 7.62. The predicted octanol–water partition coefficient (Wildman–Crippen LogP) is -0.564. The van der Waals surface area contributed by atoms with Crippen molar-refractivity contribution in [2.75, 3.05) is 7.11 Å². The van der Waals surface area contributed by atoms with E-state index in [-0.39, 0.29) is 0 Å². The molecular weight excluding hydrogens is 187 g/mol. The molecule has 0 radical (unpaired) electrons. The SMILES string of the molecule is COC(=O)CC(C)(O)P(=O)(O)O. The lowest BCUT2D eigenvalue weighted by molar-refractivity contribution is -0.143. The summed E-state index contributed by atoms with van der Waals surface area (Å²) >= 11 is 0. The highest BCUT2D eigenvalue weighted by molar-refractivity contribution is 7.53. The topological polar surface area (TPSA) is 104 Å². The number of aliphatic hydroxyl groups is 1. The first kappa shape index (κ1) is 11.6. The summed E-state index contributed by atoms with van der Waals surface area (Å²) < 4.78 is 14.7. The summed E-state index contributed by atoms with van der Waals surface area (Å²) in [5.41, 5.74) is 0. The minimum atomic E-state index is -4.68. The molecule has 3 N–H and O–H groups in total. The molecule has 0 aromatic heterocycles. The maximum absolute atomic E-state index is 10.5. The summed E-state index contributed by atoms with van der Waals surface area (Å²) in [6.45, 7) is 0.880. The molecule has 0 amide bonds. The van der Waals surface area contributed by atoms with Gasteiger partial charge in [0.05, 0.1) is 13.5 Å². The van der Waals surface area contributed by atoms with Gasteiger partial charge in [-0.15, -0.1) is 0 Å². The molecule has 0 rings (SSSR count). The molecule has 1 atom stereocenters. The molecule has 0 aliphatic rings. The smallest absolute Gasteiger partial charge is 0.357 e. The van der Waals surface area contributed by atoms with Crippen molar-refractivity contribution in [2.45, 2.75) is 18.7 Å². The zero-order chi connectivity index (χ0) is 9.99. The molecule has 0 saturated heterocycles. The predicted molar refractivity (Wildman–Crippen MR) is 39.3 cm³/mol. The Bertz CT molecular complexity index is 216. The number of rotatable bonds is 3. The fourth-order valence-corrected chi connectivity index (χ4v) is 0.784. The summed E-state index contributed by atoms with van der Waals surface area (Å²) in [4.78, 5) is 27.6. The van der Waals surface area contributed by atoms with E-state index < -0.39 is 25.3 Å². The number of esters is 1. The van der Waals surface area contributed by atoms with E-state index in [2.05, 4.69) is 4.74 Å². The van der Waals surface area contributed by atoms with E-state index in [1.165, 1.54) is 0 Å². The molecule has 0 spiro atoms. The quantitative estimate of drug-likeness (QED) is 0.414. The molecule has 12 heavy (non-hydrogen) atoms. The lowest BCUT2D eigenvalue weighted by atomic mass is 10.3. The molecule has 0 fully saturated rings. The normalized spacial score (nSPS) is 16.8. The van der Waals surface area contributed by atoms with Gasteiger partial charge in [0, 0.05) is 0 Å². The first-order valence-corrected chi connectivity index (χ1v) is 4.67. The minimum absolute atomic E-state index is 0.728. The molecule has 0 aromatic carbocycles. The molecule has 0 aliphatic carbocycles. The van der Waals surface area contributed by atoms with E-state index in [0.29, 0.717) is 0 Å². The van der Waals surface area contributed by atoms with Gasteiger partial charge in [-0.25, -0.2) is 0 Å². The van der Waals surface area contributed by atoms with Gasteiger partial charge < -0.3 is 19.6 Å². The Kier molecular flexibility index (Phi) is 3.41. The summed E-state index contributed by atoms with van der Waals surface area (Å²) in [7, 11) is -3.61. The van der Waals surface area contributed by atoms with Crippen LogP contribution in [-0.2, 0) is 14.1 Å². The van der Waals surface area contributed by atoms with Crippen molar-refractivity contribution in [3.8, 4) is 0 Å². The van der Waals surface area contributed by atoms with Crippen LogP contribution in [0.4, 0.5) is 0 Å².